The van der Waals surface area contributed by atoms with Crippen molar-refractivity contribution in [3.63, 3.8) is 0 Å². The van der Waals surface area contributed by atoms with Crippen LogP contribution in [0.5, 0.6) is 5.75 Å². The molecule has 2 heterocycles. The maximum atomic E-state index is 11.1. The zero-order chi connectivity index (χ0) is 22.9. The summed E-state index contributed by atoms with van der Waals surface area (Å²) in [6.45, 7) is 5.03. The molecule has 6 nitrogen and oxygen atoms in total. The van der Waals surface area contributed by atoms with Crippen LogP contribution < -0.4 is 10.5 Å². The zero-order valence-corrected chi connectivity index (χ0v) is 18.5. The first-order valence-corrected chi connectivity index (χ1v) is 10.7. The fourth-order valence-electron chi connectivity index (χ4n) is 3.29. The number of para-hydroxylation sites is 1. The molecule has 0 aliphatic rings. The van der Waals surface area contributed by atoms with Crippen molar-refractivity contribution in [3.8, 4) is 16.9 Å². The second kappa shape index (κ2) is 11.1. The average molecular weight is 432 g/mol. The normalized spacial score (nSPS) is 10.5. The summed E-state index contributed by atoms with van der Waals surface area (Å²) in [5.74, 6) is -0.322. The van der Waals surface area contributed by atoms with Crippen molar-refractivity contribution in [3.05, 3.63) is 89.9 Å². The molecule has 4 aromatic rings. The fourth-order valence-corrected chi connectivity index (χ4v) is 3.29. The molecule has 0 fully saturated rings. The number of carboxylic acids is 1. The van der Waals surface area contributed by atoms with Gasteiger partial charge in [-0.05, 0) is 41.0 Å². The minimum atomic E-state index is -0.889. The number of fused-ring (bicyclic) bond motifs is 1. The van der Waals surface area contributed by atoms with E-state index in [4.69, 9.17) is 15.6 Å². The van der Waals surface area contributed by atoms with Crippen LogP contribution in [0.3, 0.4) is 0 Å². The number of carbonyl (C=O) groups is 1. The third-order valence-electron chi connectivity index (χ3n) is 4.77. The molecule has 2 aromatic heterocycles. The Hall–Kier alpha value is -3.64. The molecule has 32 heavy (non-hydrogen) atoms. The van der Waals surface area contributed by atoms with Crippen LogP contribution in [0.4, 0.5) is 0 Å². The number of benzene rings is 2. The molecule has 0 aliphatic heterocycles. The van der Waals surface area contributed by atoms with E-state index in [1.54, 1.807) is 24.4 Å². The van der Waals surface area contributed by atoms with E-state index in [1.807, 2.05) is 40.9 Å². The summed E-state index contributed by atoms with van der Waals surface area (Å²) in [4.78, 5) is 15.5. The Morgan fingerprint density at radius 3 is 2.59 bits per heavy atom. The second-order valence-corrected chi connectivity index (χ2v) is 7.47. The van der Waals surface area contributed by atoms with Crippen molar-refractivity contribution in [2.75, 3.05) is 0 Å². The van der Waals surface area contributed by atoms with Crippen LogP contribution in [0.1, 0.15) is 37.1 Å². The van der Waals surface area contributed by atoms with Gasteiger partial charge < -0.3 is 15.6 Å². The highest BCUT2D eigenvalue weighted by Gasteiger charge is 2.10. The fraction of sp³-hybridized carbons (Fsp3) is 0.231. The molecule has 0 atom stereocenters. The Kier molecular flexibility index (Phi) is 8.00. The SMILES string of the molecule is CCC.NCc1cccc(-c2ccc3ncc(COc4ccccc4CC(=O)O)n3c2)c1. The van der Waals surface area contributed by atoms with E-state index in [2.05, 4.69) is 31.0 Å². The van der Waals surface area contributed by atoms with Gasteiger partial charge in [0.1, 0.15) is 18.0 Å². The van der Waals surface area contributed by atoms with Crippen molar-refractivity contribution in [1.29, 1.82) is 0 Å². The lowest BCUT2D eigenvalue weighted by atomic mass is 10.0. The quantitative estimate of drug-likeness (QED) is 0.426. The Balaban J connectivity index is 0.000000913. The summed E-state index contributed by atoms with van der Waals surface area (Å²) in [6, 6.07) is 19.3. The standard InChI is InChI=1S/C23H21N3O3.C3H8/c24-12-16-4-3-6-17(10-16)19-8-9-22-25-13-20(26(22)14-19)15-29-21-7-2-1-5-18(21)11-23(27)28;1-3-2/h1-10,13-14H,11-12,15,24H2,(H,27,28);3H2,1-2H3. The largest absolute Gasteiger partial charge is 0.487 e. The molecule has 0 amide bonds. The van der Waals surface area contributed by atoms with Gasteiger partial charge in [0.25, 0.3) is 0 Å². The van der Waals surface area contributed by atoms with Crippen LogP contribution in [0.15, 0.2) is 73.1 Å². The lowest BCUT2D eigenvalue weighted by molar-refractivity contribution is -0.136. The molecule has 0 bridgehead atoms. The topological polar surface area (TPSA) is 89.9 Å². The number of ether oxygens (including phenoxy) is 1. The number of nitrogens with two attached hydrogens (primary N) is 1. The monoisotopic (exact) mass is 431 g/mol. The van der Waals surface area contributed by atoms with Gasteiger partial charge in [0, 0.05) is 18.3 Å². The number of imidazole rings is 1. The van der Waals surface area contributed by atoms with Gasteiger partial charge in [-0.15, -0.1) is 0 Å². The minimum Gasteiger partial charge on any atom is -0.487 e. The molecule has 0 aliphatic carbocycles. The molecular weight excluding hydrogens is 402 g/mol. The van der Waals surface area contributed by atoms with Crippen molar-refractivity contribution in [2.45, 2.75) is 39.8 Å². The predicted octanol–water partition coefficient (Wildman–Crippen LogP) is 5.08. The summed E-state index contributed by atoms with van der Waals surface area (Å²) in [7, 11) is 0. The molecule has 0 spiro atoms. The first-order chi connectivity index (χ1) is 15.5. The number of hydrogen-bond acceptors (Lipinski definition) is 4. The Morgan fingerprint density at radius 1 is 1.06 bits per heavy atom. The average Bonchev–Trinajstić information content (AvgIpc) is 3.21. The molecule has 2 aromatic carbocycles. The summed E-state index contributed by atoms with van der Waals surface area (Å²) >= 11 is 0. The maximum absolute atomic E-state index is 11.1. The first kappa shape index (κ1) is 23.0. The van der Waals surface area contributed by atoms with Crippen LogP contribution >= 0.6 is 0 Å². The highest BCUT2D eigenvalue weighted by molar-refractivity contribution is 5.71. The molecular formula is C26H29N3O3. The van der Waals surface area contributed by atoms with E-state index < -0.39 is 5.97 Å². The van der Waals surface area contributed by atoms with Gasteiger partial charge in [0.05, 0.1) is 18.3 Å². The first-order valence-electron chi connectivity index (χ1n) is 10.7. The van der Waals surface area contributed by atoms with Gasteiger partial charge in [0.15, 0.2) is 0 Å². The lowest BCUT2D eigenvalue weighted by Gasteiger charge is -2.11. The number of nitrogens with zero attached hydrogens (tertiary/aromatic N) is 2. The molecule has 4 rings (SSSR count). The van der Waals surface area contributed by atoms with Gasteiger partial charge >= 0.3 is 5.97 Å². The summed E-state index contributed by atoms with van der Waals surface area (Å²) < 4.78 is 7.92. The summed E-state index contributed by atoms with van der Waals surface area (Å²) in [6.07, 6.45) is 4.97. The maximum Gasteiger partial charge on any atom is 0.307 e. The Bertz CT molecular complexity index is 1180. The van der Waals surface area contributed by atoms with Gasteiger partial charge in [-0.2, -0.15) is 0 Å². The van der Waals surface area contributed by atoms with Crippen LogP contribution in [0.25, 0.3) is 16.8 Å². The van der Waals surface area contributed by atoms with Crippen LogP contribution in [0, 0.1) is 0 Å². The molecule has 0 unspecified atom stereocenters. The van der Waals surface area contributed by atoms with E-state index in [-0.39, 0.29) is 13.0 Å². The smallest absolute Gasteiger partial charge is 0.307 e. The number of rotatable bonds is 7. The number of carboxylic acid groups (broad SMARTS) is 1. The highest BCUT2D eigenvalue weighted by atomic mass is 16.5. The molecule has 0 saturated heterocycles. The molecule has 166 valence electrons. The van der Waals surface area contributed by atoms with E-state index >= 15 is 0 Å². The van der Waals surface area contributed by atoms with Gasteiger partial charge in [0.2, 0.25) is 0 Å². The van der Waals surface area contributed by atoms with Crippen molar-refractivity contribution >= 4 is 11.6 Å². The summed E-state index contributed by atoms with van der Waals surface area (Å²) in [5.41, 5.74) is 11.3. The lowest BCUT2D eigenvalue weighted by Crippen LogP contribution is -2.05. The van der Waals surface area contributed by atoms with E-state index in [1.165, 1.54) is 6.42 Å². The summed E-state index contributed by atoms with van der Waals surface area (Å²) in [5, 5.41) is 9.08. The van der Waals surface area contributed by atoms with Gasteiger partial charge in [-0.3, -0.25) is 9.20 Å². The van der Waals surface area contributed by atoms with E-state index in [0.717, 1.165) is 28.0 Å². The zero-order valence-electron chi connectivity index (χ0n) is 18.5. The number of pyridine rings is 1. The second-order valence-electron chi connectivity index (χ2n) is 7.47. The molecule has 3 N–H and O–H groups in total. The van der Waals surface area contributed by atoms with Crippen LogP contribution in [-0.2, 0) is 24.4 Å². The van der Waals surface area contributed by atoms with Gasteiger partial charge in [-0.1, -0.05) is 56.7 Å². The minimum absolute atomic E-state index is 0.0784. The molecule has 6 heteroatoms. The Labute approximate surface area is 188 Å². The van der Waals surface area contributed by atoms with Gasteiger partial charge in [-0.25, -0.2) is 4.98 Å². The Morgan fingerprint density at radius 2 is 1.84 bits per heavy atom. The highest BCUT2D eigenvalue weighted by Crippen LogP contribution is 2.23. The number of hydrogen-bond donors (Lipinski definition) is 2. The number of aliphatic carboxylic acids is 1. The van der Waals surface area contributed by atoms with Crippen LogP contribution in [-0.4, -0.2) is 20.5 Å². The number of aromatic nitrogens is 2. The third kappa shape index (κ3) is 5.74. The molecule has 0 radical (unpaired) electrons. The van der Waals surface area contributed by atoms with Crippen LogP contribution in [0.2, 0.25) is 0 Å². The van der Waals surface area contributed by atoms with Crippen molar-refractivity contribution in [2.24, 2.45) is 5.73 Å². The third-order valence-corrected chi connectivity index (χ3v) is 4.77. The van der Waals surface area contributed by atoms with Crippen molar-refractivity contribution < 1.29 is 14.6 Å². The predicted molar refractivity (Wildman–Crippen MR) is 127 cm³/mol. The van der Waals surface area contributed by atoms with E-state index in [0.29, 0.717) is 17.9 Å². The van der Waals surface area contributed by atoms with E-state index in [9.17, 15) is 4.79 Å². The van der Waals surface area contributed by atoms with Crippen molar-refractivity contribution in [1.82, 2.24) is 9.38 Å². The molecule has 0 saturated carbocycles.